The number of nitrogens with zero attached hydrogens (tertiary/aromatic N) is 2. The highest BCUT2D eigenvalue weighted by molar-refractivity contribution is 6.46. The second-order valence-electron chi connectivity index (χ2n) is 6.18. The molecule has 0 saturated carbocycles. The third-order valence-corrected chi connectivity index (χ3v) is 4.48. The van der Waals surface area contributed by atoms with Crippen molar-refractivity contribution in [1.82, 2.24) is 0 Å². The van der Waals surface area contributed by atoms with Gasteiger partial charge in [-0.25, -0.2) is 0 Å². The summed E-state index contributed by atoms with van der Waals surface area (Å²) in [6.07, 6.45) is 0.567. The van der Waals surface area contributed by atoms with Crippen LogP contribution < -0.4 is 10.3 Å². The molecule has 1 unspecified atom stereocenters. The Morgan fingerprint density at radius 3 is 2.04 bits per heavy atom. The van der Waals surface area contributed by atoms with E-state index in [9.17, 15) is 4.79 Å². The average molecular weight is 341 g/mol. The van der Waals surface area contributed by atoms with Crippen LogP contribution >= 0.6 is 0 Å². The van der Waals surface area contributed by atoms with Crippen LogP contribution in [0.5, 0.6) is 0 Å². The molecule has 1 heterocycles. The topological polar surface area (TPSA) is 44.7 Å². The molecule has 1 aliphatic heterocycles. The molecule has 1 atom stereocenters. The fraction of sp³-hybridized carbons (Fsp3) is 0.0909. The Morgan fingerprint density at radius 2 is 1.38 bits per heavy atom. The van der Waals surface area contributed by atoms with Gasteiger partial charge in [0.2, 0.25) is 0 Å². The van der Waals surface area contributed by atoms with Crippen LogP contribution in [0.4, 0.5) is 11.4 Å². The van der Waals surface area contributed by atoms with E-state index in [1.165, 1.54) is 0 Å². The SMILES string of the molecule is O=C1/C(=N/Nc2ccccc2)CC(c2ccccc2)N1c1ccccc1. The van der Waals surface area contributed by atoms with Crippen LogP contribution in [0.25, 0.3) is 0 Å². The average Bonchev–Trinajstić information content (AvgIpc) is 3.05. The van der Waals surface area contributed by atoms with Gasteiger partial charge in [0.1, 0.15) is 5.71 Å². The summed E-state index contributed by atoms with van der Waals surface area (Å²) in [5.41, 5.74) is 6.39. The molecule has 0 radical (unpaired) electrons. The van der Waals surface area contributed by atoms with Crippen LogP contribution in [0, 0.1) is 0 Å². The minimum Gasteiger partial charge on any atom is -0.299 e. The Hall–Kier alpha value is -3.40. The monoisotopic (exact) mass is 341 g/mol. The largest absolute Gasteiger partial charge is 0.299 e. The van der Waals surface area contributed by atoms with Gasteiger partial charge >= 0.3 is 0 Å². The molecular formula is C22H19N3O. The number of carbonyl (C=O) groups is 1. The van der Waals surface area contributed by atoms with Crippen LogP contribution in [0.2, 0.25) is 0 Å². The predicted octanol–water partition coefficient (Wildman–Crippen LogP) is 4.63. The number of nitrogens with one attached hydrogen (secondary N) is 1. The van der Waals surface area contributed by atoms with E-state index in [0.29, 0.717) is 12.1 Å². The summed E-state index contributed by atoms with van der Waals surface area (Å²) in [6.45, 7) is 0. The lowest BCUT2D eigenvalue weighted by atomic mass is 10.0. The molecule has 3 aromatic carbocycles. The number of para-hydroxylation sites is 2. The van der Waals surface area contributed by atoms with Crippen molar-refractivity contribution in [3.8, 4) is 0 Å². The molecule has 1 amide bonds. The summed E-state index contributed by atoms with van der Waals surface area (Å²) in [6, 6.07) is 29.5. The molecule has 26 heavy (non-hydrogen) atoms. The van der Waals surface area contributed by atoms with Crippen LogP contribution in [-0.2, 0) is 4.79 Å². The third kappa shape index (κ3) is 3.22. The first kappa shape index (κ1) is 16.1. The molecule has 128 valence electrons. The van der Waals surface area contributed by atoms with E-state index in [4.69, 9.17) is 0 Å². The first-order valence-corrected chi connectivity index (χ1v) is 8.64. The molecule has 4 heteroatoms. The summed E-state index contributed by atoms with van der Waals surface area (Å²) >= 11 is 0. The fourth-order valence-electron chi connectivity index (χ4n) is 3.21. The molecule has 0 aromatic heterocycles. The predicted molar refractivity (Wildman–Crippen MR) is 105 cm³/mol. The highest BCUT2D eigenvalue weighted by Crippen LogP contribution is 2.35. The fourth-order valence-corrected chi connectivity index (χ4v) is 3.21. The normalized spacial score (nSPS) is 18.3. The second kappa shape index (κ2) is 7.23. The number of carbonyl (C=O) groups excluding carboxylic acids is 1. The molecule has 3 aromatic rings. The van der Waals surface area contributed by atoms with Crippen LogP contribution in [0.1, 0.15) is 18.0 Å². The van der Waals surface area contributed by atoms with E-state index in [0.717, 1.165) is 16.9 Å². The minimum atomic E-state index is -0.0616. The molecule has 0 bridgehead atoms. The maximum Gasteiger partial charge on any atom is 0.275 e. The Balaban J connectivity index is 1.67. The quantitative estimate of drug-likeness (QED) is 0.703. The molecule has 1 saturated heterocycles. The lowest BCUT2D eigenvalue weighted by molar-refractivity contribution is -0.112. The Kier molecular flexibility index (Phi) is 4.48. The van der Waals surface area contributed by atoms with Gasteiger partial charge in [-0.2, -0.15) is 5.10 Å². The molecule has 1 fully saturated rings. The molecule has 4 rings (SSSR count). The number of benzene rings is 3. The van der Waals surface area contributed by atoms with E-state index in [-0.39, 0.29) is 11.9 Å². The van der Waals surface area contributed by atoms with E-state index >= 15 is 0 Å². The maximum absolute atomic E-state index is 13.1. The van der Waals surface area contributed by atoms with E-state index in [1.807, 2.05) is 83.8 Å². The van der Waals surface area contributed by atoms with E-state index in [2.05, 4.69) is 22.7 Å². The van der Waals surface area contributed by atoms with E-state index in [1.54, 1.807) is 0 Å². The first-order valence-electron chi connectivity index (χ1n) is 8.64. The Morgan fingerprint density at radius 1 is 0.808 bits per heavy atom. The summed E-state index contributed by atoms with van der Waals surface area (Å²) < 4.78 is 0. The van der Waals surface area contributed by atoms with Gasteiger partial charge in [-0.3, -0.25) is 15.1 Å². The lowest BCUT2D eigenvalue weighted by Crippen LogP contribution is -2.29. The second-order valence-corrected chi connectivity index (χ2v) is 6.18. The lowest BCUT2D eigenvalue weighted by Gasteiger charge is -2.24. The minimum absolute atomic E-state index is 0.0533. The Bertz CT molecular complexity index is 908. The number of rotatable bonds is 4. The van der Waals surface area contributed by atoms with Crippen molar-refractivity contribution in [3.05, 3.63) is 96.6 Å². The maximum atomic E-state index is 13.1. The van der Waals surface area contributed by atoms with Gasteiger partial charge in [0, 0.05) is 12.1 Å². The zero-order valence-electron chi connectivity index (χ0n) is 14.2. The van der Waals surface area contributed by atoms with Crippen molar-refractivity contribution in [3.63, 3.8) is 0 Å². The highest BCUT2D eigenvalue weighted by atomic mass is 16.2. The number of hydrogen-bond donors (Lipinski definition) is 1. The van der Waals surface area contributed by atoms with Crippen molar-refractivity contribution in [1.29, 1.82) is 0 Å². The number of amides is 1. The summed E-state index contributed by atoms with van der Waals surface area (Å²) in [5, 5.41) is 4.40. The number of hydrazone groups is 1. The first-order chi connectivity index (χ1) is 12.8. The zero-order valence-corrected chi connectivity index (χ0v) is 14.2. The van der Waals surface area contributed by atoms with Gasteiger partial charge in [0.25, 0.3) is 5.91 Å². The van der Waals surface area contributed by atoms with Gasteiger partial charge in [-0.05, 0) is 29.8 Å². The van der Waals surface area contributed by atoms with Crippen LogP contribution in [-0.4, -0.2) is 11.6 Å². The van der Waals surface area contributed by atoms with Crippen molar-refractivity contribution in [2.75, 3.05) is 10.3 Å². The molecular weight excluding hydrogens is 322 g/mol. The molecule has 0 aliphatic carbocycles. The van der Waals surface area contributed by atoms with Gasteiger partial charge in [-0.1, -0.05) is 66.7 Å². The summed E-state index contributed by atoms with van der Waals surface area (Å²) in [7, 11) is 0. The molecule has 1 N–H and O–H groups in total. The number of anilines is 2. The number of hydrogen-bond acceptors (Lipinski definition) is 3. The van der Waals surface area contributed by atoms with Crippen molar-refractivity contribution < 1.29 is 4.79 Å². The molecule has 1 aliphatic rings. The highest BCUT2D eigenvalue weighted by Gasteiger charge is 2.38. The third-order valence-electron chi connectivity index (χ3n) is 4.48. The van der Waals surface area contributed by atoms with Crippen LogP contribution in [0.15, 0.2) is 96.1 Å². The standard InChI is InChI=1S/C22H19N3O/c26-22-20(24-23-18-12-6-2-7-13-18)16-21(17-10-4-1-5-11-17)25(22)19-14-8-3-9-15-19/h1-15,21,23H,16H2/b24-20+. The molecule has 4 nitrogen and oxygen atoms in total. The smallest absolute Gasteiger partial charge is 0.275 e. The molecule has 0 spiro atoms. The Labute approximate surface area is 152 Å². The van der Waals surface area contributed by atoms with Crippen molar-refractivity contribution in [2.45, 2.75) is 12.5 Å². The van der Waals surface area contributed by atoms with Crippen LogP contribution in [0.3, 0.4) is 0 Å². The summed E-state index contributed by atoms with van der Waals surface area (Å²) in [4.78, 5) is 14.9. The van der Waals surface area contributed by atoms with Gasteiger partial charge in [-0.15, -0.1) is 0 Å². The van der Waals surface area contributed by atoms with Gasteiger partial charge < -0.3 is 0 Å². The van der Waals surface area contributed by atoms with Crippen molar-refractivity contribution >= 4 is 23.0 Å². The summed E-state index contributed by atoms with van der Waals surface area (Å²) in [5.74, 6) is -0.0616. The van der Waals surface area contributed by atoms with Crippen molar-refractivity contribution in [2.24, 2.45) is 5.10 Å². The van der Waals surface area contributed by atoms with Gasteiger partial charge in [0.15, 0.2) is 0 Å². The zero-order chi connectivity index (χ0) is 17.8. The van der Waals surface area contributed by atoms with Gasteiger partial charge in [0.05, 0.1) is 11.7 Å². The van der Waals surface area contributed by atoms with E-state index < -0.39 is 0 Å².